The van der Waals surface area contributed by atoms with E-state index in [2.05, 4.69) is 61.1 Å². The maximum absolute atomic E-state index is 14.7. The molecule has 2 aromatic carbocycles. The number of fused-ring (bicyclic) bond motifs is 2. The Bertz CT molecular complexity index is 4430. The summed E-state index contributed by atoms with van der Waals surface area (Å²) in [6.07, 6.45) is -15.3. The Morgan fingerprint density at radius 2 is 1.47 bits per heavy atom. The number of halogens is 1. The highest BCUT2D eigenvalue weighted by Gasteiger charge is 2.53. The normalized spacial score (nSPS) is 28.1. The molecule has 43 heteroatoms. The number of nitrogens with two attached hydrogens (primary N) is 3. The number of primary amides is 1. The Kier molecular flexibility index (Phi) is 41.7. The van der Waals surface area contributed by atoms with E-state index >= 15 is 0 Å². The third kappa shape index (κ3) is 28.7. The van der Waals surface area contributed by atoms with Crippen LogP contribution in [0.15, 0.2) is 59.3 Å². The monoisotopic (exact) mass is 1980 g/mol. The quantitative estimate of drug-likeness (QED) is 0.0148. The summed E-state index contributed by atoms with van der Waals surface area (Å²) in [5.41, 5.74) is 18.4. The second-order valence-corrected chi connectivity index (χ2v) is 37.7. The van der Waals surface area contributed by atoms with Crippen LogP contribution in [0, 0.1) is 40.1 Å². The fraction of sp³-hybridized carbons (Fsp3) is 0.640. The molecular formula is C86H124IN11O28S3. The minimum atomic E-state index is -2.20. The zero-order valence-electron chi connectivity index (χ0n) is 75.0. The number of likely N-dealkylation sites (N-methyl/N-ethyl adjacent to an activating group) is 1. The van der Waals surface area contributed by atoms with Crippen molar-refractivity contribution in [1.29, 1.82) is 0 Å². The average Bonchev–Trinajstić information content (AvgIpc) is 0.749. The summed E-state index contributed by atoms with van der Waals surface area (Å²) in [5, 5.41) is 73.9. The zero-order valence-corrected chi connectivity index (χ0v) is 79.6. The maximum Gasteiger partial charge on any atom is 0.411 e. The molecule has 6 aliphatic rings. The van der Waals surface area contributed by atoms with Crippen LogP contribution in [0.5, 0.6) is 17.2 Å². The fourth-order valence-electron chi connectivity index (χ4n) is 15.3. The number of unbranched alkanes of at least 4 members (excludes halogenated alkanes) is 1. The van der Waals surface area contributed by atoms with Crippen molar-refractivity contribution in [3.05, 3.63) is 79.6 Å². The van der Waals surface area contributed by atoms with Gasteiger partial charge in [-0.1, -0.05) is 89.1 Å². The lowest BCUT2D eigenvalue weighted by Crippen LogP contribution is -2.65. The van der Waals surface area contributed by atoms with Crippen LogP contribution in [0.4, 0.5) is 20.1 Å². The number of thioether (sulfide) groups is 1. The number of Topliss-reactive ketones (excluding diaryl/α,β-unsaturated/α-hetero) is 1. The molecule has 0 saturated carbocycles. The smallest absolute Gasteiger partial charge is 0.411 e. The Labute approximate surface area is 776 Å². The number of carbonyl (C=O) groups is 9. The van der Waals surface area contributed by atoms with Gasteiger partial charge in [-0.15, -0.1) is 0 Å². The van der Waals surface area contributed by atoms with Crippen LogP contribution in [0.1, 0.15) is 142 Å². The van der Waals surface area contributed by atoms with E-state index in [1.165, 1.54) is 63.2 Å². The summed E-state index contributed by atoms with van der Waals surface area (Å²) >= 11 is 2.75. The van der Waals surface area contributed by atoms with Crippen LogP contribution in [-0.2, 0) is 82.8 Å². The summed E-state index contributed by atoms with van der Waals surface area (Å²) in [5.74, 6) is 8.17. The standard InChI is InChI=1S/C86H124IN11O28S3/c1-16-98(84(111)119-41-49-27-29-50(30-28-49)93-76(105)53(25-23-36-91-82(90)109)94-78(107)64(43(2)3)95-77(106)52(92-48(8)99)24-20-22-34-88)54-42-118-59(39-58(54)113-11)124-73-68(103)65(45(5)121-81(73)123-57-26-19-17-18-21-32-86(112)40-56(101)66(96-83(110)117-15)62(57)51(86)31-37-127-129-85(9,10)33-35-89)97-126-60-38-55(100)75(47(7)120-60)128-79(108)61-44(4)63(87)71(74(116-14)70(61)114-12)125-80-69(104)72(115-13)67(102)46(6)122-80/h17-18,27-31,43,45-47,52-55,57-60,64-65,67-69,72-73,75,80-81,97,100,102-104,112H,16,20,22-25,33-42,88-89H2,1-15H3,(H,92,99)(H,93,105)(H,94,107)(H,95,106)(H,96,110)(H3,90,91,109)/b18-17-,51-31+/t45-,46+,47-,52+,53+,54+,55+,57+,58+,59+,60+,64+,65-,67+,68+,69-,72-,73-,75-,80+,81+,86+/m1/s1. The van der Waals surface area contributed by atoms with Gasteiger partial charge in [0.15, 0.2) is 41.8 Å². The van der Waals surface area contributed by atoms with Gasteiger partial charge < -0.3 is 136 Å². The molecular weight excluding hydrogens is 1860 g/mol. The molecule has 2 bridgehead atoms. The number of anilines is 1. The van der Waals surface area contributed by atoms with Crippen LogP contribution in [-0.4, -0.2) is 295 Å². The van der Waals surface area contributed by atoms with Gasteiger partial charge in [-0.25, -0.2) is 14.4 Å². The van der Waals surface area contributed by atoms with Gasteiger partial charge in [0.25, 0.3) is 0 Å². The molecule has 18 N–H and O–H groups in total. The number of aliphatic hydroxyl groups excluding tert-OH is 4. The molecule has 2 aromatic rings. The van der Waals surface area contributed by atoms with Crippen molar-refractivity contribution in [2.45, 2.75) is 272 Å². The van der Waals surface area contributed by atoms with Crippen molar-refractivity contribution in [3.8, 4) is 40.9 Å². The highest BCUT2D eigenvalue weighted by molar-refractivity contribution is 14.1. The first-order valence-electron chi connectivity index (χ1n) is 42.4. The maximum atomic E-state index is 14.7. The van der Waals surface area contributed by atoms with Crippen molar-refractivity contribution in [3.63, 3.8) is 0 Å². The first kappa shape index (κ1) is 107. The van der Waals surface area contributed by atoms with Crippen molar-refractivity contribution in [1.82, 2.24) is 37.0 Å². The van der Waals surface area contributed by atoms with E-state index in [9.17, 15) is 68.7 Å². The Hall–Kier alpha value is -7.69. The zero-order chi connectivity index (χ0) is 94.9. The number of hydroxylamine groups is 1. The van der Waals surface area contributed by atoms with Crippen molar-refractivity contribution >= 4 is 114 Å². The third-order valence-electron chi connectivity index (χ3n) is 22.2. The molecule has 4 fully saturated rings. The Balaban J connectivity index is 1.01. The van der Waals surface area contributed by atoms with Gasteiger partial charge in [0, 0.05) is 74.4 Å². The Morgan fingerprint density at radius 1 is 0.783 bits per heavy atom. The number of hydrogen-bond acceptors (Lipinski definition) is 34. The van der Waals surface area contributed by atoms with Crippen molar-refractivity contribution in [2.24, 2.45) is 23.1 Å². The molecule has 0 radical (unpaired) electrons. The minimum absolute atomic E-state index is 0.0112. The van der Waals surface area contributed by atoms with E-state index in [4.69, 9.17) is 83.6 Å². The van der Waals surface area contributed by atoms with Gasteiger partial charge >= 0.3 is 18.2 Å². The molecule has 4 aliphatic heterocycles. The molecule has 22 atom stereocenters. The van der Waals surface area contributed by atoms with Gasteiger partial charge in [0.05, 0.1) is 97.0 Å². The largest absolute Gasteiger partial charge is 0.492 e. The summed E-state index contributed by atoms with van der Waals surface area (Å²) in [6, 6.07) is 0.184. The molecule has 8 amide bonds. The fourth-order valence-corrected chi connectivity index (χ4v) is 19.5. The molecule has 4 saturated heterocycles. The van der Waals surface area contributed by atoms with Crippen LogP contribution in [0.2, 0.25) is 0 Å². The molecule has 8 rings (SSSR count). The van der Waals surface area contributed by atoms with E-state index in [0.717, 1.165) is 18.9 Å². The molecule has 716 valence electrons. The van der Waals surface area contributed by atoms with Gasteiger partial charge in [0.1, 0.15) is 61.4 Å². The third-order valence-corrected chi connectivity index (χ3v) is 28.1. The number of urea groups is 1. The van der Waals surface area contributed by atoms with Gasteiger partial charge in [0.2, 0.25) is 40.8 Å². The summed E-state index contributed by atoms with van der Waals surface area (Å²) in [6.45, 7) is 17.4. The number of rotatable bonds is 42. The number of alkyl carbamates (subject to hydrolysis) is 1. The van der Waals surface area contributed by atoms with E-state index in [-0.39, 0.29) is 109 Å². The second-order valence-electron chi connectivity index (χ2n) is 32.4. The summed E-state index contributed by atoms with van der Waals surface area (Å²) < 4.78 is 79.5. The molecule has 4 heterocycles. The van der Waals surface area contributed by atoms with E-state index in [1.54, 1.807) is 89.6 Å². The van der Waals surface area contributed by atoms with E-state index in [0.29, 0.717) is 52.7 Å². The molecule has 129 heavy (non-hydrogen) atoms. The predicted molar refractivity (Wildman–Crippen MR) is 484 cm³/mol. The molecule has 39 nitrogen and oxygen atoms in total. The summed E-state index contributed by atoms with van der Waals surface area (Å²) in [4.78, 5) is 130. The van der Waals surface area contributed by atoms with Gasteiger partial charge in [-0.3, -0.25) is 38.9 Å². The molecule has 0 unspecified atom stereocenters. The lowest BCUT2D eigenvalue weighted by molar-refractivity contribution is -0.337. The topological polar surface area (TPSA) is 550 Å². The van der Waals surface area contributed by atoms with Gasteiger partial charge in [-0.05, 0) is 164 Å². The minimum Gasteiger partial charge on any atom is -0.492 e. The van der Waals surface area contributed by atoms with Gasteiger partial charge in [-0.2, -0.15) is 5.48 Å². The van der Waals surface area contributed by atoms with E-state index < -0.39 is 198 Å². The number of amides is 8. The van der Waals surface area contributed by atoms with Crippen LogP contribution in [0.3, 0.4) is 0 Å². The number of carbonyl (C=O) groups excluding carboxylic acids is 9. The number of nitrogens with zero attached hydrogens (tertiary/aromatic N) is 1. The molecule has 2 aliphatic carbocycles. The first-order chi connectivity index (χ1) is 61.3. The first-order valence-corrected chi connectivity index (χ1v) is 46.7. The number of ether oxygens (including phenoxy) is 13. The number of nitrogens with one attached hydrogen (secondary N) is 7. The molecule has 0 aromatic heterocycles. The highest BCUT2D eigenvalue weighted by atomic mass is 127. The van der Waals surface area contributed by atoms with Crippen LogP contribution < -0.4 is 68.8 Å². The van der Waals surface area contributed by atoms with Crippen LogP contribution >= 0.6 is 55.9 Å². The number of ketones is 1. The predicted octanol–water partition coefficient (Wildman–Crippen LogP) is 3.74. The second kappa shape index (κ2) is 50.4. The van der Waals surface area contributed by atoms with Crippen molar-refractivity contribution in [2.75, 3.05) is 79.4 Å². The Morgan fingerprint density at radius 3 is 2.11 bits per heavy atom. The number of benzene rings is 2. The number of allylic oxidation sites excluding steroid dienone is 3. The number of hydrogen-bond donors (Lipinski definition) is 15. The lowest BCUT2D eigenvalue weighted by atomic mass is 9.75. The number of methoxy groups -OCH3 is 5. The average molecular weight is 1980 g/mol. The molecule has 0 spiro atoms. The number of aliphatic hydroxyl groups is 5. The lowest BCUT2D eigenvalue weighted by Gasteiger charge is -2.47. The SMILES string of the molecule is CCN(C(=O)OCc1ccc(NC(=O)[C@H](CCCNC(N)=O)NC(=O)[C@@H](NC(=O)[C@H](CCCCN)NC(C)=O)C(C)C)cc1)[C@H]1CO[C@@H](O[C@H]2[C@H](O[C@H]3C#C/C=C\C#C[C@]4(O)CC(=O)C(NC(=O)OC)=C3/C4=C\CSSC(C)(C)CCN)O[C@H](C)[C@@H](NO[C@H]3C[C@H](O)[C@H](SC(=O)c4c(C)c(I)c(O[C@@H]5O[C@@H](C)[C@H](O)[C@@H](OC)[C@H]5O)c(OC)c4OC)[C@@H](C)O3)[C@@H]2O)C[C@@H]1OC. The van der Waals surface area contributed by atoms with E-state index in [1.807, 2.05) is 36.4 Å². The summed E-state index contributed by atoms with van der Waals surface area (Å²) in [7, 11) is 9.50. The van der Waals surface area contributed by atoms with Crippen molar-refractivity contribution < 1.29 is 135 Å². The highest BCUT2D eigenvalue weighted by Crippen LogP contribution is 2.50. The van der Waals surface area contributed by atoms with Crippen LogP contribution in [0.25, 0.3) is 0 Å².